The molecule has 0 aliphatic rings. The van der Waals surface area contributed by atoms with Gasteiger partial charge in [-0.2, -0.15) is 0 Å². The van der Waals surface area contributed by atoms with Gasteiger partial charge in [-0.05, 0) is 36.8 Å². The summed E-state index contributed by atoms with van der Waals surface area (Å²) in [6.45, 7) is 1.83. The van der Waals surface area contributed by atoms with Crippen molar-refractivity contribution < 1.29 is 13.9 Å². The number of hydrogen-bond donors (Lipinski definition) is 2. The minimum atomic E-state index is -0.550. The molecule has 24 heavy (non-hydrogen) atoms. The van der Waals surface area contributed by atoms with Gasteiger partial charge in [-0.1, -0.05) is 29.3 Å². The van der Waals surface area contributed by atoms with Crippen LogP contribution in [0, 0.1) is 5.82 Å². The van der Waals surface area contributed by atoms with Crippen LogP contribution in [0.5, 0.6) is 5.75 Å². The maximum absolute atomic E-state index is 13.6. The second-order valence-electron chi connectivity index (χ2n) is 5.17. The molecule has 2 rings (SSSR count). The van der Waals surface area contributed by atoms with E-state index in [0.29, 0.717) is 22.0 Å². The molecule has 4 nitrogen and oxygen atoms in total. The average Bonchev–Trinajstić information content (AvgIpc) is 2.56. The Balaban J connectivity index is 1.94. The Morgan fingerprint density at radius 3 is 2.71 bits per heavy atom. The average molecular weight is 371 g/mol. The zero-order valence-electron chi connectivity index (χ0n) is 13.2. The Hall–Kier alpha value is -1.82. The highest BCUT2D eigenvalue weighted by atomic mass is 35.5. The lowest BCUT2D eigenvalue weighted by Crippen LogP contribution is -2.30. The highest BCUT2D eigenvalue weighted by Crippen LogP contribution is 2.28. The van der Waals surface area contributed by atoms with Crippen molar-refractivity contribution in [2.24, 2.45) is 0 Å². The Bertz CT molecular complexity index is 741. The first-order valence-corrected chi connectivity index (χ1v) is 7.98. The highest BCUT2D eigenvalue weighted by molar-refractivity contribution is 6.35. The fourth-order valence-corrected chi connectivity index (χ4v) is 2.68. The predicted molar refractivity (Wildman–Crippen MR) is 94.5 cm³/mol. The molecule has 0 aliphatic heterocycles. The number of ether oxygens (including phenoxy) is 1. The molecule has 0 heterocycles. The lowest BCUT2D eigenvalue weighted by molar-refractivity contribution is -0.115. The number of halogens is 3. The zero-order valence-corrected chi connectivity index (χ0v) is 14.7. The molecule has 0 aliphatic carbocycles. The monoisotopic (exact) mass is 370 g/mol. The van der Waals surface area contributed by atoms with Crippen LogP contribution in [0.25, 0.3) is 0 Å². The molecule has 0 spiro atoms. The van der Waals surface area contributed by atoms with Crippen LogP contribution >= 0.6 is 23.2 Å². The van der Waals surface area contributed by atoms with Crippen molar-refractivity contribution in [1.82, 2.24) is 5.32 Å². The first-order valence-electron chi connectivity index (χ1n) is 7.22. The highest BCUT2D eigenvalue weighted by Gasteiger charge is 2.14. The summed E-state index contributed by atoms with van der Waals surface area (Å²) in [5.41, 5.74) is 1.16. The zero-order chi connectivity index (χ0) is 17.7. The molecule has 0 aromatic heterocycles. The van der Waals surface area contributed by atoms with Crippen LogP contribution in [0.2, 0.25) is 10.0 Å². The van der Waals surface area contributed by atoms with E-state index in [2.05, 4.69) is 10.6 Å². The molecule has 2 aromatic carbocycles. The lowest BCUT2D eigenvalue weighted by atomic mass is 10.1. The molecule has 0 unspecified atom stereocenters. The summed E-state index contributed by atoms with van der Waals surface area (Å²) in [6.07, 6.45) is 0. The molecule has 7 heteroatoms. The van der Waals surface area contributed by atoms with Crippen molar-refractivity contribution >= 4 is 34.8 Å². The first kappa shape index (κ1) is 18.5. The van der Waals surface area contributed by atoms with Gasteiger partial charge in [-0.25, -0.2) is 4.39 Å². The largest absolute Gasteiger partial charge is 0.497 e. The van der Waals surface area contributed by atoms with E-state index in [0.717, 1.165) is 0 Å². The van der Waals surface area contributed by atoms with Gasteiger partial charge in [0.2, 0.25) is 5.91 Å². The van der Waals surface area contributed by atoms with Gasteiger partial charge in [0.15, 0.2) is 0 Å². The number of benzene rings is 2. The normalized spacial score (nSPS) is 11.9. The second-order valence-corrected chi connectivity index (χ2v) is 5.98. The molecule has 2 N–H and O–H groups in total. The molecule has 0 radical (unpaired) electrons. The third kappa shape index (κ3) is 4.84. The van der Waals surface area contributed by atoms with E-state index in [1.165, 1.54) is 12.1 Å². The first-order chi connectivity index (χ1) is 11.4. The van der Waals surface area contributed by atoms with Gasteiger partial charge in [-0.15, -0.1) is 0 Å². The summed E-state index contributed by atoms with van der Waals surface area (Å²) in [7, 11) is 1.55. The Morgan fingerprint density at radius 2 is 2.00 bits per heavy atom. The number of carbonyl (C=O) groups excluding carboxylic acids is 1. The molecular formula is C17H17Cl2FN2O2. The molecule has 0 saturated heterocycles. The van der Waals surface area contributed by atoms with Crippen molar-refractivity contribution in [3.63, 3.8) is 0 Å². The van der Waals surface area contributed by atoms with E-state index in [1.807, 2.05) is 0 Å². The van der Waals surface area contributed by atoms with Gasteiger partial charge in [0.25, 0.3) is 0 Å². The van der Waals surface area contributed by atoms with Crippen molar-refractivity contribution in [3.8, 4) is 5.75 Å². The fraction of sp³-hybridized carbons (Fsp3) is 0.235. The van der Waals surface area contributed by atoms with Gasteiger partial charge in [0.1, 0.15) is 11.6 Å². The van der Waals surface area contributed by atoms with Crippen LogP contribution in [0.15, 0.2) is 36.4 Å². The van der Waals surface area contributed by atoms with Gasteiger partial charge in [0.05, 0.1) is 18.7 Å². The smallest absolute Gasteiger partial charge is 0.238 e. The standard InChI is InChI=1S/C17H17Cl2FN2O2/c1-10(13-7-16(20)15(19)8-14(13)18)21-9-17(23)22-11-4-3-5-12(6-11)24-2/h3-8,10,21H,9H2,1-2H3,(H,22,23)/t10-/m1/s1. The minimum absolute atomic E-state index is 0.0354. The minimum Gasteiger partial charge on any atom is -0.497 e. The molecule has 1 amide bonds. The van der Waals surface area contributed by atoms with Crippen molar-refractivity contribution in [2.75, 3.05) is 19.0 Å². The number of methoxy groups -OCH3 is 1. The van der Waals surface area contributed by atoms with E-state index in [-0.39, 0.29) is 23.5 Å². The number of hydrogen-bond acceptors (Lipinski definition) is 3. The number of anilines is 1. The van der Waals surface area contributed by atoms with E-state index < -0.39 is 5.82 Å². The Morgan fingerprint density at radius 1 is 1.25 bits per heavy atom. The number of carbonyl (C=O) groups is 1. The summed E-state index contributed by atoms with van der Waals surface area (Å²) >= 11 is 11.7. The second kappa shape index (κ2) is 8.33. The SMILES string of the molecule is COc1cccc(NC(=O)CN[C@H](C)c2cc(F)c(Cl)cc2Cl)c1. The van der Waals surface area contributed by atoms with Gasteiger partial charge >= 0.3 is 0 Å². The van der Waals surface area contributed by atoms with Gasteiger partial charge < -0.3 is 15.4 Å². The van der Waals surface area contributed by atoms with Crippen molar-refractivity contribution in [2.45, 2.75) is 13.0 Å². The van der Waals surface area contributed by atoms with Gasteiger partial charge in [-0.3, -0.25) is 4.79 Å². The van der Waals surface area contributed by atoms with Crippen LogP contribution in [-0.2, 0) is 4.79 Å². The van der Waals surface area contributed by atoms with E-state index in [9.17, 15) is 9.18 Å². The maximum atomic E-state index is 13.6. The summed E-state index contributed by atoms with van der Waals surface area (Å²) in [5.74, 6) is -0.135. The van der Waals surface area contributed by atoms with Crippen LogP contribution < -0.4 is 15.4 Å². The molecule has 0 saturated carbocycles. The summed E-state index contributed by atoms with van der Waals surface area (Å²) in [6, 6.07) is 9.33. The Kier molecular flexibility index (Phi) is 6.43. The molecule has 128 valence electrons. The number of amides is 1. The summed E-state index contributed by atoms with van der Waals surface area (Å²) in [4.78, 5) is 12.0. The molecule has 2 aromatic rings. The van der Waals surface area contributed by atoms with Crippen molar-refractivity contribution in [1.29, 1.82) is 0 Å². The van der Waals surface area contributed by atoms with E-state index >= 15 is 0 Å². The van der Waals surface area contributed by atoms with E-state index in [1.54, 1.807) is 38.3 Å². The number of rotatable bonds is 6. The summed E-state index contributed by atoms with van der Waals surface area (Å²) in [5, 5.41) is 6.05. The van der Waals surface area contributed by atoms with Gasteiger partial charge in [0, 0.05) is 22.8 Å². The lowest BCUT2D eigenvalue weighted by Gasteiger charge is -2.16. The van der Waals surface area contributed by atoms with E-state index in [4.69, 9.17) is 27.9 Å². The van der Waals surface area contributed by atoms with Crippen molar-refractivity contribution in [3.05, 3.63) is 57.8 Å². The maximum Gasteiger partial charge on any atom is 0.238 e. The van der Waals surface area contributed by atoms with Crippen LogP contribution in [0.3, 0.4) is 0 Å². The molecule has 0 fully saturated rings. The quantitative estimate of drug-likeness (QED) is 0.739. The topological polar surface area (TPSA) is 50.4 Å². The third-order valence-electron chi connectivity index (χ3n) is 3.43. The Labute approximate surface area is 149 Å². The number of nitrogens with one attached hydrogen (secondary N) is 2. The third-order valence-corrected chi connectivity index (χ3v) is 4.05. The van der Waals surface area contributed by atoms with Crippen LogP contribution in [-0.4, -0.2) is 19.6 Å². The van der Waals surface area contributed by atoms with Crippen LogP contribution in [0.4, 0.5) is 10.1 Å². The fourth-order valence-electron chi connectivity index (χ4n) is 2.13. The molecule has 0 bridgehead atoms. The van der Waals surface area contributed by atoms with Crippen LogP contribution in [0.1, 0.15) is 18.5 Å². The predicted octanol–water partition coefficient (Wildman–Crippen LogP) is 4.43. The summed E-state index contributed by atoms with van der Waals surface area (Å²) < 4.78 is 18.7. The molecular weight excluding hydrogens is 354 g/mol. The molecule has 1 atom stereocenters.